The first kappa shape index (κ1) is 23.9. The van der Waals surface area contributed by atoms with E-state index in [4.69, 9.17) is 4.74 Å². The van der Waals surface area contributed by atoms with E-state index < -0.39 is 28.5 Å². The Morgan fingerprint density at radius 3 is 2.50 bits per heavy atom. The highest BCUT2D eigenvalue weighted by Crippen LogP contribution is 2.28. The number of aryl methyl sites for hydroxylation is 3. The van der Waals surface area contributed by atoms with Crippen LogP contribution in [0.3, 0.4) is 0 Å². The summed E-state index contributed by atoms with van der Waals surface area (Å²) >= 11 is 1.24. The predicted molar refractivity (Wildman–Crippen MR) is 124 cm³/mol. The molecule has 1 aromatic carbocycles. The molecule has 172 valence electrons. The molecule has 0 saturated heterocycles. The molecular weight excluding hydrogens is 452 g/mol. The molecule has 1 N–H and O–H groups in total. The van der Waals surface area contributed by atoms with Crippen LogP contribution in [0.15, 0.2) is 29.2 Å². The molecule has 0 unspecified atom stereocenters. The van der Waals surface area contributed by atoms with Gasteiger partial charge in [0.15, 0.2) is 6.61 Å². The summed E-state index contributed by atoms with van der Waals surface area (Å²) in [7, 11) is -1.88. The number of ether oxygens (including phenoxy) is 1. The summed E-state index contributed by atoms with van der Waals surface area (Å²) in [5, 5.41) is 7.75. The van der Waals surface area contributed by atoms with Crippen molar-refractivity contribution in [2.24, 2.45) is 7.05 Å². The molecule has 32 heavy (non-hydrogen) atoms. The minimum Gasteiger partial charge on any atom is -0.451 e. The van der Waals surface area contributed by atoms with Crippen molar-refractivity contribution in [3.8, 4) is 0 Å². The van der Waals surface area contributed by atoms with Gasteiger partial charge in [-0.05, 0) is 37.6 Å². The molecule has 1 amide bonds. The Hall–Kier alpha value is -2.76. The number of esters is 1. The fraction of sp³-hybridized carbons (Fsp3) is 0.381. The molecule has 3 aromatic rings. The lowest BCUT2D eigenvalue weighted by molar-refractivity contribution is -0.119. The highest BCUT2D eigenvalue weighted by Gasteiger charge is 2.24. The van der Waals surface area contributed by atoms with Gasteiger partial charge in [0.1, 0.15) is 9.71 Å². The van der Waals surface area contributed by atoms with Crippen LogP contribution in [0, 0.1) is 13.8 Å². The first-order valence-electron chi connectivity index (χ1n) is 10.1. The number of anilines is 1. The molecule has 0 saturated carbocycles. The van der Waals surface area contributed by atoms with Crippen LogP contribution < -0.4 is 5.32 Å². The minimum atomic E-state index is -3.68. The van der Waals surface area contributed by atoms with Crippen LogP contribution >= 0.6 is 11.3 Å². The maximum Gasteiger partial charge on any atom is 0.348 e. The van der Waals surface area contributed by atoms with Crippen molar-refractivity contribution in [3.63, 3.8) is 0 Å². The standard InChI is InChI=1S/C21H26N4O5S2/c1-6-25(7-2)32(28,29)18-10-15(9-8-13(18)3)22-19(26)12-30-21(27)17-11-16-14(4)23-24(5)20(16)31-17/h8-11H,6-7,12H2,1-5H3,(H,22,26). The van der Waals surface area contributed by atoms with Crippen LogP contribution in [0.4, 0.5) is 5.69 Å². The van der Waals surface area contributed by atoms with Crippen LogP contribution in [-0.2, 0) is 26.6 Å². The van der Waals surface area contributed by atoms with Crippen molar-refractivity contribution in [1.29, 1.82) is 0 Å². The summed E-state index contributed by atoms with van der Waals surface area (Å²) in [6.07, 6.45) is 0. The summed E-state index contributed by atoms with van der Waals surface area (Å²) in [5.74, 6) is -1.16. The Morgan fingerprint density at radius 2 is 1.88 bits per heavy atom. The van der Waals surface area contributed by atoms with E-state index in [9.17, 15) is 18.0 Å². The third kappa shape index (κ3) is 4.69. The van der Waals surface area contributed by atoms with Crippen molar-refractivity contribution in [3.05, 3.63) is 40.4 Å². The molecule has 0 fully saturated rings. The molecule has 0 atom stereocenters. The lowest BCUT2D eigenvalue weighted by Gasteiger charge is -2.20. The molecule has 3 rings (SSSR count). The first-order valence-corrected chi connectivity index (χ1v) is 12.3. The van der Waals surface area contributed by atoms with Gasteiger partial charge in [0.05, 0.1) is 10.6 Å². The SMILES string of the molecule is CCN(CC)S(=O)(=O)c1cc(NC(=O)COC(=O)c2cc3c(C)nn(C)c3s2)ccc1C. The van der Waals surface area contributed by atoms with E-state index in [-0.39, 0.29) is 4.90 Å². The predicted octanol–water partition coefficient (Wildman–Crippen LogP) is 3.08. The van der Waals surface area contributed by atoms with E-state index in [1.165, 1.54) is 21.7 Å². The van der Waals surface area contributed by atoms with E-state index in [2.05, 4.69) is 10.4 Å². The highest BCUT2D eigenvalue weighted by molar-refractivity contribution is 7.89. The molecule has 0 aliphatic rings. The molecule has 0 aliphatic carbocycles. The fourth-order valence-corrected chi connectivity index (χ4v) is 6.09. The quantitative estimate of drug-likeness (QED) is 0.498. The molecule has 11 heteroatoms. The number of thiophene rings is 1. The van der Waals surface area contributed by atoms with Gasteiger partial charge in [-0.3, -0.25) is 9.48 Å². The Kier molecular flexibility index (Phi) is 7.01. The number of rotatable bonds is 8. The van der Waals surface area contributed by atoms with Gasteiger partial charge in [0.2, 0.25) is 10.0 Å². The Bertz CT molecular complexity index is 1240. The van der Waals surface area contributed by atoms with E-state index in [1.807, 2.05) is 6.92 Å². The number of sulfonamides is 1. The van der Waals surface area contributed by atoms with Crippen molar-refractivity contribution in [2.75, 3.05) is 25.0 Å². The monoisotopic (exact) mass is 478 g/mol. The number of hydrogen-bond acceptors (Lipinski definition) is 7. The van der Waals surface area contributed by atoms with Crippen LogP contribution in [0.2, 0.25) is 0 Å². The smallest absolute Gasteiger partial charge is 0.348 e. The van der Waals surface area contributed by atoms with E-state index in [1.54, 1.807) is 50.7 Å². The second-order valence-corrected chi connectivity index (χ2v) is 10.2. The summed E-state index contributed by atoms with van der Waals surface area (Å²) in [6.45, 7) is 7.29. The number of hydrogen-bond donors (Lipinski definition) is 1. The molecule has 2 aromatic heterocycles. The topological polar surface area (TPSA) is 111 Å². The first-order chi connectivity index (χ1) is 15.1. The Balaban J connectivity index is 1.68. The number of nitrogens with zero attached hydrogens (tertiary/aromatic N) is 3. The Labute approximate surface area is 191 Å². The van der Waals surface area contributed by atoms with Gasteiger partial charge >= 0.3 is 5.97 Å². The second-order valence-electron chi connectivity index (χ2n) is 7.23. The number of fused-ring (bicyclic) bond motifs is 1. The zero-order valence-corrected chi connectivity index (χ0v) is 20.3. The van der Waals surface area contributed by atoms with E-state index in [0.717, 1.165) is 15.9 Å². The van der Waals surface area contributed by atoms with Gasteiger partial charge in [0, 0.05) is 31.2 Å². The van der Waals surface area contributed by atoms with E-state index in [0.29, 0.717) is 29.2 Å². The fourth-order valence-electron chi connectivity index (χ4n) is 3.36. The van der Waals surface area contributed by atoms with Crippen LogP contribution in [-0.4, -0.2) is 54.1 Å². The summed E-state index contributed by atoms with van der Waals surface area (Å²) < 4.78 is 33.9. The zero-order valence-electron chi connectivity index (χ0n) is 18.6. The lowest BCUT2D eigenvalue weighted by atomic mass is 10.2. The zero-order chi connectivity index (χ0) is 23.6. The van der Waals surface area contributed by atoms with Crippen LogP contribution in [0.1, 0.15) is 34.8 Å². The van der Waals surface area contributed by atoms with Gasteiger partial charge in [-0.15, -0.1) is 11.3 Å². The number of aromatic nitrogens is 2. The molecule has 0 spiro atoms. The molecule has 2 heterocycles. The minimum absolute atomic E-state index is 0.130. The second kappa shape index (κ2) is 9.39. The third-order valence-electron chi connectivity index (χ3n) is 5.03. The number of amides is 1. The van der Waals surface area contributed by atoms with Gasteiger partial charge in [0.25, 0.3) is 5.91 Å². The lowest BCUT2D eigenvalue weighted by Crippen LogP contribution is -2.31. The van der Waals surface area contributed by atoms with Crippen molar-refractivity contribution >= 4 is 49.1 Å². The third-order valence-corrected chi connectivity index (χ3v) is 8.40. The largest absolute Gasteiger partial charge is 0.451 e. The Morgan fingerprint density at radius 1 is 1.19 bits per heavy atom. The van der Waals surface area contributed by atoms with Gasteiger partial charge < -0.3 is 10.1 Å². The van der Waals surface area contributed by atoms with Crippen LogP contribution in [0.5, 0.6) is 0 Å². The number of nitrogens with one attached hydrogen (secondary N) is 1. The highest BCUT2D eigenvalue weighted by atomic mass is 32.2. The summed E-state index contributed by atoms with van der Waals surface area (Å²) in [6, 6.07) is 6.36. The number of carbonyl (C=O) groups excluding carboxylic acids is 2. The van der Waals surface area contributed by atoms with Gasteiger partial charge in [-0.25, -0.2) is 13.2 Å². The maximum absolute atomic E-state index is 12.9. The average molecular weight is 479 g/mol. The normalized spacial score (nSPS) is 11.8. The maximum atomic E-state index is 12.9. The molecular formula is C21H26N4O5S2. The number of benzene rings is 1. The van der Waals surface area contributed by atoms with Gasteiger partial charge in [-0.2, -0.15) is 9.40 Å². The molecule has 9 nitrogen and oxygen atoms in total. The number of carbonyl (C=O) groups is 2. The van der Waals surface area contributed by atoms with E-state index >= 15 is 0 Å². The van der Waals surface area contributed by atoms with Crippen LogP contribution in [0.25, 0.3) is 10.2 Å². The summed E-state index contributed by atoms with van der Waals surface area (Å²) in [5.41, 5.74) is 1.70. The van der Waals surface area contributed by atoms with Gasteiger partial charge in [-0.1, -0.05) is 19.9 Å². The summed E-state index contributed by atoms with van der Waals surface area (Å²) in [4.78, 5) is 26.0. The molecule has 0 bridgehead atoms. The van der Waals surface area contributed by atoms with Crippen molar-refractivity contribution in [1.82, 2.24) is 14.1 Å². The molecule has 0 radical (unpaired) electrons. The average Bonchev–Trinajstić information content (AvgIpc) is 3.29. The van der Waals surface area contributed by atoms with Crippen molar-refractivity contribution < 1.29 is 22.7 Å². The van der Waals surface area contributed by atoms with Crippen molar-refractivity contribution in [2.45, 2.75) is 32.6 Å². The molecule has 0 aliphatic heterocycles.